The number of rotatable bonds is 3. The van der Waals surface area contributed by atoms with Crippen molar-refractivity contribution in [1.82, 2.24) is 14.8 Å². The number of aryl methyl sites for hydroxylation is 1. The van der Waals surface area contributed by atoms with Gasteiger partial charge in [-0.3, -0.25) is 5.41 Å². The van der Waals surface area contributed by atoms with Gasteiger partial charge in [0.1, 0.15) is 5.84 Å². The van der Waals surface area contributed by atoms with E-state index >= 15 is 0 Å². The predicted molar refractivity (Wildman–Crippen MR) is 71.2 cm³/mol. The van der Waals surface area contributed by atoms with E-state index in [1.807, 2.05) is 24.6 Å². The van der Waals surface area contributed by atoms with E-state index in [1.165, 1.54) is 5.56 Å². The van der Waals surface area contributed by atoms with E-state index < -0.39 is 0 Å². The van der Waals surface area contributed by atoms with E-state index in [-0.39, 0.29) is 5.84 Å². The molecule has 0 aliphatic carbocycles. The van der Waals surface area contributed by atoms with E-state index in [0.717, 1.165) is 23.6 Å². The number of aromatic nitrogens is 3. The van der Waals surface area contributed by atoms with Crippen LogP contribution >= 0.6 is 0 Å². The van der Waals surface area contributed by atoms with Crippen molar-refractivity contribution in [2.75, 3.05) is 0 Å². The molecule has 0 fully saturated rings. The minimum absolute atomic E-state index is 0.0247. The van der Waals surface area contributed by atoms with Crippen molar-refractivity contribution in [3.05, 3.63) is 40.8 Å². The van der Waals surface area contributed by atoms with Gasteiger partial charge in [-0.15, -0.1) is 0 Å². The first-order chi connectivity index (χ1) is 8.54. The molecule has 18 heavy (non-hydrogen) atoms. The molecule has 0 aromatic carbocycles. The second-order valence-corrected chi connectivity index (χ2v) is 4.23. The van der Waals surface area contributed by atoms with Crippen molar-refractivity contribution < 1.29 is 0 Å². The summed E-state index contributed by atoms with van der Waals surface area (Å²) in [7, 11) is 0. The molecule has 5 nitrogen and oxygen atoms in total. The quantitative estimate of drug-likeness (QED) is 0.636. The number of pyridine rings is 1. The number of nitrogens with zero attached hydrogens (tertiary/aromatic N) is 3. The summed E-state index contributed by atoms with van der Waals surface area (Å²) in [5.41, 5.74) is 9.43. The fourth-order valence-electron chi connectivity index (χ4n) is 2.08. The normalized spacial score (nSPS) is 10.6. The third-order valence-electron chi connectivity index (χ3n) is 3.07. The number of hydrogen-bond donors (Lipinski definition) is 2. The third kappa shape index (κ3) is 1.99. The molecule has 5 heteroatoms. The Kier molecular flexibility index (Phi) is 3.14. The molecule has 3 N–H and O–H groups in total. The average molecular weight is 243 g/mol. The Labute approximate surface area is 106 Å². The van der Waals surface area contributed by atoms with Gasteiger partial charge in [0, 0.05) is 17.5 Å². The number of hydrogen-bond acceptors (Lipinski definition) is 3. The zero-order valence-electron chi connectivity index (χ0n) is 10.9. The highest BCUT2D eigenvalue weighted by atomic mass is 15.3. The molecule has 0 amide bonds. The van der Waals surface area contributed by atoms with Crippen molar-refractivity contribution in [3.63, 3.8) is 0 Å². The molecule has 0 saturated carbocycles. The lowest BCUT2D eigenvalue weighted by molar-refractivity contribution is 0.805. The van der Waals surface area contributed by atoms with Gasteiger partial charge in [-0.25, -0.2) is 9.67 Å². The summed E-state index contributed by atoms with van der Waals surface area (Å²) in [6.07, 6.45) is 2.56. The summed E-state index contributed by atoms with van der Waals surface area (Å²) >= 11 is 0. The second kappa shape index (κ2) is 4.60. The molecule has 0 bridgehead atoms. The van der Waals surface area contributed by atoms with Crippen molar-refractivity contribution >= 4 is 5.84 Å². The van der Waals surface area contributed by atoms with Crippen LogP contribution in [-0.4, -0.2) is 20.6 Å². The lowest BCUT2D eigenvalue weighted by Gasteiger charge is -2.05. The number of nitrogen functional groups attached to an aromatic ring is 1. The molecule has 0 unspecified atom stereocenters. The largest absolute Gasteiger partial charge is 0.384 e. The van der Waals surface area contributed by atoms with Crippen LogP contribution in [-0.2, 0) is 6.42 Å². The van der Waals surface area contributed by atoms with Gasteiger partial charge in [0.25, 0.3) is 0 Å². The molecule has 0 aliphatic heterocycles. The van der Waals surface area contributed by atoms with Gasteiger partial charge < -0.3 is 5.73 Å². The van der Waals surface area contributed by atoms with Crippen molar-refractivity contribution in [2.24, 2.45) is 5.73 Å². The molecule has 0 saturated heterocycles. The van der Waals surface area contributed by atoms with E-state index in [9.17, 15) is 0 Å². The van der Waals surface area contributed by atoms with Gasteiger partial charge in [0.15, 0.2) is 5.82 Å². The first-order valence-corrected chi connectivity index (χ1v) is 5.90. The fourth-order valence-corrected chi connectivity index (χ4v) is 2.08. The zero-order valence-corrected chi connectivity index (χ0v) is 10.9. The van der Waals surface area contributed by atoms with Crippen LogP contribution in [0.25, 0.3) is 5.82 Å². The topological polar surface area (TPSA) is 80.6 Å². The Hall–Kier alpha value is -2.17. The Balaban J connectivity index is 2.46. The number of nitrogens with two attached hydrogens (primary N) is 1. The van der Waals surface area contributed by atoms with Crippen LogP contribution < -0.4 is 5.73 Å². The maximum atomic E-state index is 7.34. The van der Waals surface area contributed by atoms with Crippen molar-refractivity contribution in [1.29, 1.82) is 5.41 Å². The number of amidine groups is 1. The lowest BCUT2D eigenvalue weighted by atomic mass is 10.1. The first-order valence-electron chi connectivity index (χ1n) is 5.90. The van der Waals surface area contributed by atoms with Crippen LogP contribution in [0.2, 0.25) is 0 Å². The maximum absolute atomic E-state index is 7.34. The monoisotopic (exact) mass is 243 g/mol. The lowest BCUT2D eigenvalue weighted by Crippen LogP contribution is -2.12. The van der Waals surface area contributed by atoms with E-state index in [1.54, 1.807) is 12.3 Å². The number of nitrogens with one attached hydrogen (secondary N) is 1. The van der Waals surface area contributed by atoms with E-state index in [4.69, 9.17) is 11.1 Å². The summed E-state index contributed by atoms with van der Waals surface area (Å²) in [5, 5.41) is 11.8. The van der Waals surface area contributed by atoms with E-state index in [2.05, 4.69) is 17.0 Å². The SMILES string of the molecule is CCc1c(C)nn(-c2ccc(C(=N)N)cn2)c1C. The van der Waals surface area contributed by atoms with Crippen LogP contribution in [0.1, 0.15) is 29.4 Å². The Morgan fingerprint density at radius 3 is 2.56 bits per heavy atom. The molecule has 2 aromatic rings. The molecular formula is C13H17N5. The molecule has 2 heterocycles. The second-order valence-electron chi connectivity index (χ2n) is 4.23. The van der Waals surface area contributed by atoms with E-state index in [0.29, 0.717) is 5.56 Å². The fraction of sp³-hybridized carbons (Fsp3) is 0.308. The van der Waals surface area contributed by atoms with Crippen LogP contribution in [0.5, 0.6) is 0 Å². The van der Waals surface area contributed by atoms with Gasteiger partial charge in [0.2, 0.25) is 0 Å². The summed E-state index contributed by atoms with van der Waals surface area (Å²) < 4.78 is 1.83. The Morgan fingerprint density at radius 2 is 2.11 bits per heavy atom. The summed E-state index contributed by atoms with van der Waals surface area (Å²) in [5.74, 6) is 0.775. The highest BCUT2D eigenvalue weighted by molar-refractivity contribution is 5.94. The molecule has 2 rings (SSSR count). The first kappa shape index (κ1) is 12.3. The van der Waals surface area contributed by atoms with Gasteiger partial charge in [0.05, 0.1) is 5.69 Å². The summed E-state index contributed by atoms with van der Waals surface area (Å²) in [6, 6.07) is 3.61. The highest BCUT2D eigenvalue weighted by Crippen LogP contribution is 2.17. The van der Waals surface area contributed by atoms with Gasteiger partial charge in [-0.05, 0) is 38.0 Å². The zero-order chi connectivity index (χ0) is 13.3. The summed E-state index contributed by atoms with van der Waals surface area (Å²) in [4.78, 5) is 4.30. The molecular weight excluding hydrogens is 226 g/mol. The van der Waals surface area contributed by atoms with Gasteiger partial charge in [-0.2, -0.15) is 5.10 Å². The van der Waals surface area contributed by atoms with Crippen LogP contribution in [0.15, 0.2) is 18.3 Å². The van der Waals surface area contributed by atoms with Crippen LogP contribution in [0, 0.1) is 19.3 Å². The average Bonchev–Trinajstić information content (AvgIpc) is 2.64. The molecule has 0 atom stereocenters. The van der Waals surface area contributed by atoms with Crippen molar-refractivity contribution in [3.8, 4) is 5.82 Å². The van der Waals surface area contributed by atoms with Gasteiger partial charge >= 0.3 is 0 Å². The Morgan fingerprint density at radius 1 is 1.39 bits per heavy atom. The molecule has 2 aromatic heterocycles. The van der Waals surface area contributed by atoms with Gasteiger partial charge in [-0.1, -0.05) is 6.92 Å². The van der Waals surface area contributed by atoms with Crippen molar-refractivity contribution in [2.45, 2.75) is 27.2 Å². The van der Waals surface area contributed by atoms with Crippen LogP contribution in [0.4, 0.5) is 0 Å². The molecule has 0 aliphatic rings. The van der Waals surface area contributed by atoms with Crippen LogP contribution in [0.3, 0.4) is 0 Å². The molecule has 0 radical (unpaired) electrons. The molecule has 94 valence electrons. The highest BCUT2D eigenvalue weighted by Gasteiger charge is 2.11. The minimum atomic E-state index is 0.0247. The maximum Gasteiger partial charge on any atom is 0.153 e. The minimum Gasteiger partial charge on any atom is -0.384 e. The molecule has 0 spiro atoms. The third-order valence-corrected chi connectivity index (χ3v) is 3.07. The Bertz CT molecular complexity index is 580. The predicted octanol–water partition coefficient (Wildman–Crippen LogP) is 1.73. The summed E-state index contributed by atoms with van der Waals surface area (Å²) in [6.45, 7) is 6.17. The smallest absolute Gasteiger partial charge is 0.153 e. The standard InChI is InChI=1S/C13H17N5/c1-4-11-8(2)17-18(9(11)3)12-6-5-10(7-16-12)13(14)15/h5-7H,4H2,1-3H3,(H3,14,15).